The Morgan fingerprint density at radius 2 is 2.21 bits per heavy atom. The van der Waals surface area contributed by atoms with Crippen LogP contribution in [0.4, 0.5) is 0 Å². The van der Waals surface area contributed by atoms with E-state index in [1.54, 1.807) is 0 Å². The monoisotopic (exact) mass is 292 g/mol. The number of nitrogens with two attached hydrogens (primary N) is 1. The van der Waals surface area contributed by atoms with Crippen LogP contribution in [0.3, 0.4) is 0 Å². The summed E-state index contributed by atoms with van der Waals surface area (Å²) in [5.41, 5.74) is 5.41. The molecule has 0 spiro atoms. The molecule has 7 heteroatoms. The Balaban J connectivity index is 2.56. The zero-order valence-electron chi connectivity index (χ0n) is 11.4. The predicted molar refractivity (Wildman–Crippen MR) is 73.2 cm³/mol. The molecule has 3 N–H and O–H groups in total. The Labute approximate surface area is 115 Å². The quantitative estimate of drug-likeness (QED) is 0.711. The summed E-state index contributed by atoms with van der Waals surface area (Å²) in [6, 6.07) is 0. The van der Waals surface area contributed by atoms with E-state index in [0.717, 1.165) is 12.8 Å². The normalized spacial score (nSPS) is 23.2. The second-order valence-electron chi connectivity index (χ2n) is 5.33. The molecular weight excluding hydrogens is 268 g/mol. The summed E-state index contributed by atoms with van der Waals surface area (Å²) in [6.45, 7) is 1.49. The van der Waals surface area contributed by atoms with E-state index >= 15 is 0 Å². The third-order valence-electron chi connectivity index (χ3n) is 3.67. The van der Waals surface area contributed by atoms with Gasteiger partial charge in [0.2, 0.25) is 10.0 Å². The van der Waals surface area contributed by atoms with Crippen molar-refractivity contribution < 1.29 is 18.3 Å². The minimum atomic E-state index is -3.17. The highest BCUT2D eigenvalue weighted by Crippen LogP contribution is 2.26. The summed E-state index contributed by atoms with van der Waals surface area (Å²) in [4.78, 5) is 11.2. The summed E-state index contributed by atoms with van der Waals surface area (Å²) in [5, 5.41) is 9.18. The van der Waals surface area contributed by atoms with Crippen molar-refractivity contribution >= 4 is 16.0 Å². The molecule has 0 saturated carbocycles. The molecule has 6 nitrogen and oxygen atoms in total. The number of carboxylic acids is 1. The number of hydrogen-bond donors (Lipinski definition) is 2. The van der Waals surface area contributed by atoms with Gasteiger partial charge in [0.1, 0.15) is 0 Å². The van der Waals surface area contributed by atoms with Crippen molar-refractivity contribution in [3.05, 3.63) is 0 Å². The first-order valence-corrected chi connectivity index (χ1v) is 8.57. The molecule has 1 fully saturated rings. The fourth-order valence-corrected chi connectivity index (χ4v) is 3.57. The lowest BCUT2D eigenvalue weighted by Gasteiger charge is -2.32. The number of carboxylic acid groups (broad SMARTS) is 1. The van der Waals surface area contributed by atoms with Crippen LogP contribution in [0.5, 0.6) is 0 Å². The Morgan fingerprint density at radius 1 is 1.53 bits per heavy atom. The van der Waals surface area contributed by atoms with E-state index < -0.39 is 21.9 Å². The summed E-state index contributed by atoms with van der Waals surface area (Å²) in [7, 11) is -3.17. The summed E-state index contributed by atoms with van der Waals surface area (Å²) in [6.07, 6.45) is 4.72. The Bertz CT molecular complexity index is 397. The molecule has 112 valence electrons. The molecule has 1 heterocycles. The van der Waals surface area contributed by atoms with Crippen molar-refractivity contribution in [2.75, 3.05) is 25.9 Å². The molecule has 0 aromatic rings. The molecule has 0 aromatic heterocycles. The van der Waals surface area contributed by atoms with Crippen LogP contribution in [0.15, 0.2) is 0 Å². The van der Waals surface area contributed by atoms with Gasteiger partial charge in [-0.15, -0.1) is 0 Å². The molecule has 0 bridgehead atoms. The molecule has 1 rings (SSSR count). The SMILES string of the molecule is CS(=O)(=O)N1CCCC(CC(CCCN)C(=O)O)C1. The summed E-state index contributed by atoms with van der Waals surface area (Å²) >= 11 is 0. The third kappa shape index (κ3) is 5.46. The molecule has 1 aliphatic rings. The van der Waals surface area contributed by atoms with Crippen molar-refractivity contribution in [1.82, 2.24) is 4.31 Å². The molecule has 0 aromatic carbocycles. The molecule has 0 amide bonds. The van der Waals surface area contributed by atoms with E-state index in [4.69, 9.17) is 5.73 Å². The first-order valence-electron chi connectivity index (χ1n) is 6.72. The molecule has 2 atom stereocenters. The number of carbonyl (C=O) groups is 1. The van der Waals surface area contributed by atoms with Crippen LogP contribution >= 0.6 is 0 Å². The minimum Gasteiger partial charge on any atom is -0.481 e. The Kier molecular flexibility index (Phi) is 6.22. The maximum atomic E-state index is 11.5. The largest absolute Gasteiger partial charge is 0.481 e. The number of nitrogens with zero attached hydrogens (tertiary/aromatic N) is 1. The fourth-order valence-electron chi connectivity index (χ4n) is 2.63. The maximum Gasteiger partial charge on any atom is 0.306 e. The predicted octanol–water partition coefficient (Wildman–Crippen LogP) is 0.488. The molecular formula is C12H24N2O4S. The Hall–Kier alpha value is -0.660. The van der Waals surface area contributed by atoms with Crippen LogP contribution in [-0.4, -0.2) is 49.7 Å². The van der Waals surface area contributed by atoms with E-state index in [1.807, 2.05) is 0 Å². The van der Waals surface area contributed by atoms with Crippen LogP contribution in [0, 0.1) is 11.8 Å². The number of aliphatic carboxylic acids is 1. The first kappa shape index (κ1) is 16.4. The van der Waals surface area contributed by atoms with Gasteiger partial charge in [-0.1, -0.05) is 0 Å². The topological polar surface area (TPSA) is 101 Å². The maximum absolute atomic E-state index is 11.5. The lowest BCUT2D eigenvalue weighted by Crippen LogP contribution is -2.40. The lowest BCUT2D eigenvalue weighted by atomic mass is 9.87. The number of rotatable bonds is 7. The van der Waals surface area contributed by atoms with Gasteiger partial charge >= 0.3 is 5.97 Å². The molecule has 2 unspecified atom stereocenters. The highest BCUT2D eigenvalue weighted by Gasteiger charge is 2.29. The van der Waals surface area contributed by atoms with Gasteiger partial charge in [0, 0.05) is 13.1 Å². The number of piperidine rings is 1. The van der Waals surface area contributed by atoms with Crippen molar-refractivity contribution in [1.29, 1.82) is 0 Å². The first-order chi connectivity index (χ1) is 8.84. The van der Waals surface area contributed by atoms with Gasteiger partial charge in [0.25, 0.3) is 0 Å². The van der Waals surface area contributed by atoms with Crippen LogP contribution in [0.1, 0.15) is 32.1 Å². The second-order valence-corrected chi connectivity index (χ2v) is 7.31. The number of hydrogen-bond acceptors (Lipinski definition) is 4. The van der Waals surface area contributed by atoms with Gasteiger partial charge in [-0.3, -0.25) is 4.79 Å². The van der Waals surface area contributed by atoms with Crippen molar-refractivity contribution in [2.45, 2.75) is 32.1 Å². The fraction of sp³-hybridized carbons (Fsp3) is 0.917. The standard InChI is InChI=1S/C12H24N2O4S/c1-19(17,18)14-7-3-4-10(9-14)8-11(12(15)16)5-2-6-13/h10-11H,2-9,13H2,1H3,(H,15,16). The summed E-state index contributed by atoms with van der Waals surface area (Å²) in [5.74, 6) is -1.07. The van der Waals surface area contributed by atoms with Crippen LogP contribution < -0.4 is 5.73 Å². The van der Waals surface area contributed by atoms with Gasteiger partial charge in [0.05, 0.1) is 12.2 Å². The van der Waals surface area contributed by atoms with Gasteiger partial charge in [-0.05, 0) is 44.6 Å². The van der Waals surface area contributed by atoms with E-state index in [2.05, 4.69) is 0 Å². The van der Waals surface area contributed by atoms with Crippen LogP contribution in [0.2, 0.25) is 0 Å². The smallest absolute Gasteiger partial charge is 0.306 e. The Morgan fingerprint density at radius 3 is 2.74 bits per heavy atom. The molecule has 19 heavy (non-hydrogen) atoms. The van der Waals surface area contributed by atoms with Gasteiger partial charge in [-0.2, -0.15) is 0 Å². The second kappa shape index (κ2) is 7.21. The average molecular weight is 292 g/mol. The third-order valence-corrected chi connectivity index (χ3v) is 4.94. The summed E-state index contributed by atoms with van der Waals surface area (Å²) < 4.78 is 24.5. The zero-order chi connectivity index (χ0) is 14.5. The van der Waals surface area contributed by atoms with E-state index in [1.165, 1.54) is 10.6 Å². The zero-order valence-corrected chi connectivity index (χ0v) is 12.2. The number of sulfonamides is 1. The van der Waals surface area contributed by atoms with Crippen LogP contribution in [-0.2, 0) is 14.8 Å². The molecule has 1 aliphatic heterocycles. The van der Waals surface area contributed by atoms with Crippen LogP contribution in [0.25, 0.3) is 0 Å². The van der Waals surface area contributed by atoms with E-state index in [-0.39, 0.29) is 5.92 Å². The van der Waals surface area contributed by atoms with Gasteiger partial charge in [0.15, 0.2) is 0 Å². The molecule has 0 radical (unpaired) electrons. The highest BCUT2D eigenvalue weighted by atomic mass is 32.2. The lowest BCUT2D eigenvalue weighted by molar-refractivity contribution is -0.142. The van der Waals surface area contributed by atoms with Crippen molar-refractivity contribution in [3.63, 3.8) is 0 Å². The minimum absolute atomic E-state index is 0.141. The van der Waals surface area contributed by atoms with Crippen molar-refractivity contribution in [3.8, 4) is 0 Å². The van der Waals surface area contributed by atoms with E-state index in [9.17, 15) is 18.3 Å². The van der Waals surface area contributed by atoms with Crippen molar-refractivity contribution in [2.24, 2.45) is 17.6 Å². The average Bonchev–Trinajstić information content (AvgIpc) is 2.33. The van der Waals surface area contributed by atoms with E-state index in [0.29, 0.717) is 38.9 Å². The molecule has 1 saturated heterocycles. The van der Waals surface area contributed by atoms with Gasteiger partial charge < -0.3 is 10.8 Å². The molecule has 0 aliphatic carbocycles. The highest BCUT2D eigenvalue weighted by molar-refractivity contribution is 7.88. The van der Waals surface area contributed by atoms with Gasteiger partial charge in [-0.25, -0.2) is 12.7 Å².